The van der Waals surface area contributed by atoms with Crippen molar-refractivity contribution < 1.29 is 27.5 Å². The number of sulfonamides is 1. The molecular weight excluding hydrogens is 564 g/mol. The SMILES string of the molecule is COc1ccccc1NC(=O)COc1ccc(/C=N\NC(=O)CN(c2cccc(Br)c2)S(C)(=O)=O)cc1. The maximum absolute atomic E-state index is 12.3. The summed E-state index contributed by atoms with van der Waals surface area (Å²) in [6, 6.07) is 20.3. The van der Waals surface area contributed by atoms with Gasteiger partial charge in [-0.15, -0.1) is 0 Å². The molecule has 0 radical (unpaired) electrons. The summed E-state index contributed by atoms with van der Waals surface area (Å²) in [4.78, 5) is 24.5. The molecule has 3 aromatic carbocycles. The first-order chi connectivity index (χ1) is 17.7. The third-order valence-electron chi connectivity index (χ3n) is 4.82. The second-order valence-electron chi connectivity index (χ2n) is 7.65. The molecule has 10 nitrogen and oxygen atoms in total. The summed E-state index contributed by atoms with van der Waals surface area (Å²) in [5, 5.41) is 6.61. The summed E-state index contributed by atoms with van der Waals surface area (Å²) in [5.41, 5.74) is 3.87. The van der Waals surface area contributed by atoms with Crippen LogP contribution < -0.4 is 24.5 Å². The minimum atomic E-state index is -3.69. The van der Waals surface area contributed by atoms with E-state index >= 15 is 0 Å². The van der Waals surface area contributed by atoms with E-state index in [1.807, 2.05) is 0 Å². The Bertz CT molecular complexity index is 1380. The Balaban J connectivity index is 1.50. The number of carbonyl (C=O) groups is 2. The Morgan fingerprint density at radius 2 is 1.76 bits per heavy atom. The van der Waals surface area contributed by atoms with E-state index in [1.165, 1.54) is 13.3 Å². The fourth-order valence-corrected chi connectivity index (χ4v) is 4.34. The number of nitrogens with one attached hydrogen (secondary N) is 2. The number of amides is 2. The Hall–Kier alpha value is -3.90. The molecule has 194 valence electrons. The van der Waals surface area contributed by atoms with Crippen LogP contribution in [-0.2, 0) is 19.6 Å². The summed E-state index contributed by atoms with van der Waals surface area (Å²) >= 11 is 3.29. The number of halogens is 1. The number of ether oxygens (including phenoxy) is 2. The van der Waals surface area contributed by atoms with Gasteiger partial charge in [0.15, 0.2) is 6.61 Å². The van der Waals surface area contributed by atoms with Crippen molar-refractivity contribution in [3.8, 4) is 11.5 Å². The van der Waals surface area contributed by atoms with Gasteiger partial charge in [-0.1, -0.05) is 34.1 Å². The van der Waals surface area contributed by atoms with Gasteiger partial charge in [-0.3, -0.25) is 13.9 Å². The van der Waals surface area contributed by atoms with Gasteiger partial charge in [-0.05, 0) is 60.2 Å². The molecule has 3 aromatic rings. The molecule has 0 heterocycles. The van der Waals surface area contributed by atoms with Crippen LogP contribution in [0.3, 0.4) is 0 Å². The molecule has 0 aliphatic rings. The summed E-state index contributed by atoms with van der Waals surface area (Å²) in [7, 11) is -2.17. The van der Waals surface area contributed by atoms with Gasteiger partial charge in [0.05, 0.1) is 31.0 Å². The first kappa shape index (κ1) is 27.7. The van der Waals surface area contributed by atoms with Crippen molar-refractivity contribution in [1.82, 2.24) is 5.43 Å². The summed E-state index contributed by atoms with van der Waals surface area (Å²) in [5.74, 6) is 0.0597. The van der Waals surface area contributed by atoms with E-state index in [0.717, 1.165) is 10.6 Å². The zero-order valence-corrected chi connectivity index (χ0v) is 22.5. The van der Waals surface area contributed by atoms with Gasteiger partial charge in [-0.25, -0.2) is 13.8 Å². The highest BCUT2D eigenvalue weighted by Gasteiger charge is 2.20. The predicted molar refractivity (Wildman–Crippen MR) is 146 cm³/mol. The predicted octanol–water partition coefficient (Wildman–Crippen LogP) is 3.39. The first-order valence-corrected chi connectivity index (χ1v) is 13.5. The van der Waals surface area contributed by atoms with Crippen molar-refractivity contribution in [2.75, 3.05) is 36.1 Å². The Labute approximate surface area is 223 Å². The molecule has 0 saturated heterocycles. The molecule has 0 bridgehead atoms. The van der Waals surface area contributed by atoms with Gasteiger partial charge in [0.2, 0.25) is 10.0 Å². The summed E-state index contributed by atoms with van der Waals surface area (Å²) in [6.07, 6.45) is 2.43. The molecule has 0 atom stereocenters. The molecule has 0 aliphatic carbocycles. The molecule has 3 rings (SSSR count). The normalized spacial score (nSPS) is 11.1. The Morgan fingerprint density at radius 3 is 2.43 bits per heavy atom. The molecule has 2 amide bonds. The minimum absolute atomic E-state index is 0.198. The Morgan fingerprint density at radius 1 is 1.03 bits per heavy atom. The van der Waals surface area contributed by atoms with E-state index in [0.29, 0.717) is 32.9 Å². The first-order valence-electron chi connectivity index (χ1n) is 10.9. The zero-order chi connectivity index (χ0) is 26.8. The number of nitrogens with zero attached hydrogens (tertiary/aromatic N) is 2. The van der Waals surface area contributed by atoms with Crippen molar-refractivity contribution in [2.24, 2.45) is 5.10 Å². The molecule has 12 heteroatoms. The average molecular weight is 589 g/mol. The van der Waals surface area contributed by atoms with Crippen molar-refractivity contribution in [2.45, 2.75) is 0 Å². The van der Waals surface area contributed by atoms with Gasteiger partial charge < -0.3 is 14.8 Å². The van der Waals surface area contributed by atoms with Crippen LogP contribution in [0.5, 0.6) is 11.5 Å². The number of hydrogen-bond acceptors (Lipinski definition) is 7. The highest BCUT2D eigenvalue weighted by Crippen LogP contribution is 2.23. The second kappa shape index (κ2) is 12.9. The molecule has 0 spiro atoms. The number of hydrazone groups is 1. The fraction of sp³-hybridized carbons (Fsp3) is 0.160. The van der Waals surface area contributed by atoms with Crippen LogP contribution in [0.2, 0.25) is 0 Å². The number of carbonyl (C=O) groups excluding carboxylic acids is 2. The van der Waals surface area contributed by atoms with Gasteiger partial charge in [0.25, 0.3) is 11.8 Å². The van der Waals surface area contributed by atoms with E-state index in [9.17, 15) is 18.0 Å². The van der Waals surface area contributed by atoms with E-state index in [-0.39, 0.29) is 12.5 Å². The maximum atomic E-state index is 12.3. The van der Waals surface area contributed by atoms with Crippen molar-refractivity contribution in [3.63, 3.8) is 0 Å². The van der Waals surface area contributed by atoms with Crippen molar-refractivity contribution in [3.05, 3.63) is 82.8 Å². The molecule has 0 aromatic heterocycles. The van der Waals surface area contributed by atoms with Gasteiger partial charge >= 0.3 is 0 Å². The Kier molecular flexibility index (Phi) is 9.64. The topological polar surface area (TPSA) is 126 Å². The molecule has 0 aliphatic heterocycles. The number of para-hydroxylation sites is 2. The second-order valence-corrected chi connectivity index (χ2v) is 10.5. The largest absolute Gasteiger partial charge is 0.495 e. The highest BCUT2D eigenvalue weighted by atomic mass is 79.9. The van der Waals surface area contributed by atoms with Crippen LogP contribution in [-0.4, -0.2) is 53.0 Å². The minimum Gasteiger partial charge on any atom is -0.495 e. The van der Waals surface area contributed by atoms with Gasteiger partial charge in [-0.2, -0.15) is 5.10 Å². The molecule has 2 N–H and O–H groups in total. The highest BCUT2D eigenvalue weighted by molar-refractivity contribution is 9.10. The average Bonchev–Trinajstić information content (AvgIpc) is 2.86. The standard InChI is InChI=1S/C25H25BrN4O6S/c1-35-23-9-4-3-8-22(23)28-25(32)17-36-21-12-10-18(11-13-21)15-27-29-24(31)16-30(37(2,33)34)20-7-5-6-19(26)14-20/h3-15H,16-17H2,1-2H3,(H,28,32)(H,29,31)/b27-15-. The molecule has 0 unspecified atom stereocenters. The van der Waals surface area contributed by atoms with Crippen LogP contribution in [0.25, 0.3) is 0 Å². The van der Waals surface area contributed by atoms with Crippen molar-refractivity contribution in [1.29, 1.82) is 0 Å². The summed E-state index contributed by atoms with van der Waals surface area (Å²) < 4.78 is 36.7. The number of hydrogen-bond donors (Lipinski definition) is 2. The van der Waals surface area contributed by atoms with Crippen LogP contribution in [0, 0.1) is 0 Å². The lowest BCUT2D eigenvalue weighted by molar-refractivity contribution is -0.119. The van der Waals surface area contributed by atoms with Gasteiger partial charge in [0, 0.05) is 4.47 Å². The van der Waals surface area contributed by atoms with Gasteiger partial charge in [0.1, 0.15) is 18.0 Å². The quantitative estimate of drug-likeness (QED) is 0.261. The number of methoxy groups -OCH3 is 1. The number of benzene rings is 3. The van der Waals surface area contributed by atoms with Crippen LogP contribution >= 0.6 is 15.9 Å². The van der Waals surface area contributed by atoms with Crippen molar-refractivity contribution >= 4 is 55.4 Å². The zero-order valence-electron chi connectivity index (χ0n) is 20.0. The molecular formula is C25H25BrN4O6S. The fourth-order valence-electron chi connectivity index (χ4n) is 3.11. The van der Waals surface area contributed by atoms with E-state index in [4.69, 9.17) is 9.47 Å². The lowest BCUT2D eigenvalue weighted by Gasteiger charge is -2.21. The third-order valence-corrected chi connectivity index (χ3v) is 6.45. The lowest BCUT2D eigenvalue weighted by atomic mass is 10.2. The lowest BCUT2D eigenvalue weighted by Crippen LogP contribution is -2.39. The number of anilines is 2. The smallest absolute Gasteiger partial charge is 0.262 e. The number of rotatable bonds is 11. The van der Waals surface area contributed by atoms with Crippen LogP contribution in [0.1, 0.15) is 5.56 Å². The third kappa shape index (κ3) is 8.62. The van der Waals surface area contributed by atoms with Crippen LogP contribution in [0.4, 0.5) is 11.4 Å². The van der Waals surface area contributed by atoms with Crippen LogP contribution in [0.15, 0.2) is 82.4 Å². The maximum Gasteiger partial charge on any atom is 0.262 e. The van der Waals surface area contributed by atoms with E-state index in [1.54, 1.807) is 72.8 Å². The monoisotopic (exact) mass is 588 g/mol. The molecule has 37 heavy (non-hydrogen) atoms. The molecule has 0 saturated carbocycles. The molecule has 0 fully saturated rings. The van der Waals surface area contributed by atoms with E-state index in [2.05, 4.69) is 31.8 Å². The van der Waals surface area contributed by atoms with E-state index < -0.39 is 22.5 Å². The summed E-state index contributed by atoms with van der Waals surface area (Å²) in [6.45, 7) is -0.632.